The topological polar surface area (TPSA) is 54.5 Å². The molecule has 1 saturated carbocycles. The third-order valence-electron chi connectivity index (χ3n) is 4.03. The van der Waals surface area contributed by atoms with Crippen LogP contribution in [0.15, 0.2) is 18.3 Å². The highest BCUT2D eigenvalue weighted by molar-refractivity contribution is 5.68. The van der Waals surface area contributed by atoms with Crippen LogP contribution in [0.25, 0.3) is 0 Å². The fourth-order valence-electron chi connectivity index (χ4n) is 2.73. The molecule has 2 aliphatic rings. The van der Waals surface area contributed by atoms with Crippen LogP contribution < -0.4 is 5.32 Å². The second-order valence-electron chi connectivity index (χ2n) is 7.31. The maximum atomic E-state index is 12.0. The van der Waals surface area contributed by atoms with Crippen LogP contribution in [0.5, 0.6) is 0 Å². The third-order valence-corrected chi connectivity index (χ3v) is 4.03. The molecule has 0 spiro atoms. The summed E-state index contributed by atoms with van der Waals surface area (Å²) in [6.45, 7) is 7.07. The average molecular weight is 303 g/mol. The SMILES string of the molecule is CC(C)(C)OC(=O)N1CC[C@H](Nc2ccc(C3CC3)cn2)C1. The van der Waals surface area contributed by atoms with Crippen LogP contribution in [0, 0.1) is 0 Å². The molecule has 1 aliphatic carbocycles. The van der Waals surface area contributed by atoms with Crippen molar-refractivity contribution in [3.63, 3.8) is 0 Å². The Hall–Kier alpha value is -1.78. The summed E-state index contributed by atoms with van der Waals surface area (Å²) < 4.78 is 5.41. The number of carbonyl (C=O) groups excluding carboxylic acids is 1. The molecule has 2 heterocycles. The number of pyridine rings is 1. The van der Waals surface area contributed by atoms with Gasteiger partial charge in [-0.25, -0.2) is 9.78 Å². The number of nitrogens with one attached hydrogen (secondary N) is 1. The molecule has 120 valence electrons. The molecule has 22 heavy (non-hydrogen) atoms. The molecule has 5 nitrogen and oxygen atoms in total. The molecule has 1 saturated heterocycles. The van der Waals surface area contributed by atoms with Gasteiger partial charge in [0, 0.05) is 25.3 Å². The van der Waals surface area contributed by atoms with E-state index in [0.29, 0.717) is 6.54 Å². The van der Waals surface area contributed by atoms with Crippen LogP contribution in [-0.2, 0) is 4.74 Å². The van der Waals surface area contributed by atoms with Crippen LogP contribution in [0.3, 0.4) is 0 Å². The van der Waals surface area contributed by atoms with Crippen molar-refractivity contribution in [3.05, 3.63) is 23.9 Å². The predicted molar refractivity (Wildman–Crippen MR) is 86.0 cm³/mol. The van der Waals surface area contributed by atoms with E-state index >= 15 is 0 Å². The van der Waals surface area contributed by atoms with E-state index in [4.69, 9.17) is 4.74 Å². The van der Waals surface area contributed by atoms with Crippen molar-refractivity contribution in [1.29, 1.82) is 0 Å². The van der Waals surface area contributed by atoms with Gasteiger partial charge in [0.15, 0.2) is 0 Å². The van der Waals surface area contributed by atoms with E-state index in [2.05, 4.69) is 16.4 Å². The summed E-state index contributed by atoms with van der Waals surface area (Å²) in [5.74, 6) is 1.62. The average Bonchev–Trinajstić information content (AvgIpc) is 3.17. The molecule has 3 rings (SSSR count). The number of aromatic nitrogens is 1. The van der Waals surface area contributed by atoms with Crippen LogP contribution in [0.4, 0.5) is 10.6 Å². The maximum Gasteiger partial charge on any atom is 0.410 e. The highest BCUT2D eigenvalue weighted by atomic mass is 16.6. The third kappa shape index (κ3) is 3.90. The minimum absolute atomic E-state index is 0.228. The van der Waals surface area contributed by atoms with Crippen LogP contribution in [-0.4, -0.2) is 40.7 Å². The summed E-state index contributed by atoms with van der Waals surface area (Å²) in [6, 6.07) is 4.45. The van der Waals surface area contributed by atoms with Gasteiger partial charge < -0.3 is 15.0 Å². The van der Waals surface area contributed by atoms with Crippen molar-refractivity contribution in [2.45, 2.75) is 57.6 Å². The van der Waals surface area contributed by atoms with Gasteiger partial charge in [-0.1, -0.05) is 6.07 Å². The van der Waals surface area contributed by atoms with Crippen LogP contribution >= 0.6 is 0 Å². The van der Waals surface area contributed by atoms with Gasteiger partial charge >= 0.3 is 6.09 Å². The van der Waals surface area contributed by atoms with Crippen LogP contribution in [0.1, 0.15) is 51.5 Å². The Morgan fingerprint density at radius 1 is 1.32 bits per heavy atom. The second-order valence-corrected chi connectivity index (χ2v) is 7.31. The number of likely N-dealkylation sites (tertiary alicyclic amines) is 1. The van der Waals surface area contributed by atoms with Gasteiger partial charge in [-0.15, -0.1) is 0 Å². The fourth-order valence-corrected chi connectivity index (χ4v) is 2.73. The zero-order valence-corrected chi connectivity index (χ0v) is 13.6. The first kappa shape index (κ1) is 15.1. The first-order chi connectivity index (χ1) is 10.4. The van der Waals surface area contributed by atoms with Crippen molar-refractivity contribution in [1.82, 2.24) is 9.88 Å². The van der Waals surface area contributed by atoms with E-state index in [-0.39, 0.29) is 12.1 Å². The molecule has 1 aromatic rings. The van der Waals surface area contributed by atoms with E-state index in [1.807, 2.05) is 33.0 Å². The molecule has 1 atom stereocenters. The number of ether oxygens (including phenoxy) is 1. The second kappa shape index (κ2) is 5.78. The Balaban J connectivity index is 1.51. The molecule has 5 heteroatoms. The normalized spacial score (nSPS) is 21.8. The number of hydrogen-bond donors (Lipinski definition) is 1. The Kier molecular flexibility index (Phi) is 3.98. The molecule has 1 N–H and O–H groups in total. The number of anilines is 1. The fraction of sp³-hybridized carbons (Fsp3) is 0.647. The molecule has 0 unspecified atom stereocenters. The smallest absolute Gasteiger partial charge is 0.410 e. The highest BCUT2D eigenvalue weighted by Gasteiger charge is 2.30. The molecule has 1 aliphatic heterocycles. The first-order valence-corrected chi connectivity index (χ1v) is 8.11. The summed E-state index contributed by atoms with van der Waals surface area (Å²) in [4.78, 5) is 18.3. The molecule has 0 aromatic carbocycles. The number of rotatable bonds is 3. The molecular formula is C17H25N3O2. The number of amides is 1. The van der Waals surface area contributed by atoms with Crippen molar-refractivity contribution >= 4 is 11.9 Å². The lowest BCUT2D eigenvalue weighted by atomic mass is 10.2. The minimum Gasteiger partial charge on any atom is -0.444 e. The summed E-state index contributed by atoms with van der Waals surface area (Å²) in [7, 11) is 0. The lowest BCUT2D eigenvalue weighted by Crippen LogP contribution is -2.36. The van der Waals surface area contributed by atoms with Crippen molar-refractivity contribution in [2.75, 3.05) is 18.4 Å². The molecule has 1 amide bonds. The van der Waals surface area contributed by atoms with Crippen LogP contribution in [0.2, 0.25) is 0 Å². The Morgan fingerprint density at radius 3 is 2.68 bits per heavy atom. The maximum absolute atomic E-state index is 12.0. The summed E-state index contributed by atoms with van der Waals surface area (Å²) in [5.41, 5.74) is 0.898. The van der Waals surface area contributed by atoms with Gasteiger partial charge in [-0.3, -0.25) is 0 Å². The summed E-state index contributed by atoms with van der Waals surface area (Å²) in [5, 5.41) is 3.41. The molecule has 1 aromatic heterocycles. The largest absolute Gasteiger partial charge is 0.444 e. The predicted octanol–water partition coefficient (Wildman–Crippen LogP) is 3.38. The minimum atomic E-state index is -0.442. The van der Waals surface area contributed by atoms with Gasteiger partial charge in [0.1, 0.15) is 11.4 Å². The Labute approximate surface area is 132 Å². The molecule has 0 radical (unpaired) electrons. The Morgan fingerprint density at radius 2 is 2.09 bits per heavy atom. The number of carbonyl (C=O) groups is 1. The zero-order chi connectivity index (χ0) is 15.7. The zero-order valence-electron chi connectivity index (χ0n) is 13.6. The number of nitrogens with zero attached hydrogens (tertiary/aromatic N) is 2. The van der Waals surface area contributed by atoms with E-state index in [0.717, 1.165) is 24.7 Å². The lowest BCUT2D eigenvalue weighted by molar-refractivity contribution is 0.0293. The first-order valence-electron chi connectivity index (χ1n) is 8.11. The standard InChI is InChI=1S/C17H25N3O2/c1-17(2,3)22-16(21)20-9-8-14(11-20)19-15-7-6-13(10-18-15)12-4-5-12/h6-7,10,12,14H,4-5,8-9,11H2,1-3H3,(H,18,19)/t14-/m0/s1. The van der Waals surface area contributed by atoms with Gasteiger partial charge in [0.05, 0.1) is 0 Å². The van der Waals surface area contributed by atoms with Crippen molar-refractivity contribution in [3.8, 4) is 0 Å². The van der Waals surface area contributed by atoms with E-state index in [1.165, 1.54) is 18.4 Å². The Bertz CT molecular complexity index is 532. The lowest BCUT2D eigenvalue weighted by Gasteiger charge is -2.24. The summed E-state index contributed by atoms with van der Waals surface area (Å²) >= 11 is 0. The van der Waals surface area contributed by atoms with Crippen molar-refractivity contribution < 1.29 is 9.53 Å². The van der Waals surface area contributed by atoms with E-state index in [1.54, 1.807) is 4.90 Å². The van der Waals surface area contributed by atoms with Gasteiger partial charge in [-0.2, -0.15) is 0 Å². The van der Waals surface area contributed by atoms with E-state index in [9.17, 15) is 4.79 Å². The van der Waals surface area contributed by atoms with E-state index < -0.39 is 5.60 Å². The molecule has 0 bridgehead atoms. The van der Waals surface area contributed by atoms with Crippen molar-refractivity contribution in [2.24, 2.45) is 0 Å². The summed E-state index contributed by atoms with van der Waals surface area (Å²) in [6.07, 6.45) is 5.25. The van der Waals surface area contributed by atoms with Gasteiger partial charge in [0.25, 0.3) is 0 Å². The van der Waals surface area contributed by atoms with Gasteiger partial charge in [0.2, 0.25) is 0 Å². The quantitative estimate of drug-likeness (QED) is 0.930. The van der Waals surface area contributed by atoms with Gasteiger partial charge in [-0.05, 0) is 57.6 Å². The monoisotopic (exact) mass is 303 g/mol. The molecular weight excluding hydrogens is 278 g/mol. The number of hydrogen-bond acceptors (Lipinski definition) is 4. The highest BCUT2D eigenvalue weighted by Crippen LogP contribution is 2.39. The molecule has 2 fully saturated rings.